The summed E-state index contributed by atoms with van der Waals surface area (Å²) in [5, 5.41) is 2.56. The fourth-order valence-electron chi connectivity index (χ4n) is 3.89. The number of amides is 2. The Hall–Kier alpha value is -3.56. The van der Waals surface area contributed by atoms with E-state index in [1.807, 2.05) is 24.3 Å². The topological polar surface area (TPSA) is 76.5 Å². The normalized spacial score (nSPS) is 18.4. The highest BCUT2D eigenvalue weighted by molar-refractivity contribution is 6.05. The van der Waals surface area contributed by atoms with Gasteiger partial charge in [0.2, 0.25) is 11.9 Å². The number of hydrogen-bond acceptors (Lipinski definition) is 4. The van der Waals surface area contributed by atoms with Gasteiger partial charge in [-0.3, -0.25) is 19.1 Å². The van der Waals surface area contributed by atoms with Crippen molar-refractivity contribution in [2.24, 2.45) is 0 Å². The fourth-order valence-corrected chi connectivity index (χ4v) is 3.89. The second-order valence-corrected chi connectivity index (χ2v) is 7.55. The van der Waals surface area contributed by atoms with Crippen LogP contribution in [0.2, 0.25) is 0 Å². The van der Waals surface area contributed by atoms with Crippen LogP contribution in [0.4, 0.5) is 24.8 Å². The molecular formula is C21H17F3N4O3. The predicted molar refractivity (Wildman–Crippen MR) is 106 cm³/mol. The number of para-hydroxylation sites is 2. The van der Waals surface area contributed by atoms with E-state index in [9.17, 15) is 22.8 Å². The molecule has 0 spiro atoms. The van der Waals surface area contributed by atoms with Gasteiger partial charge in [-0.1, -0.05) is 18.2 Å². The van der Waals surface area contributed by atoms with Crippen LogP contribution in [-0.4, -0.2) is 33.8 Å². The Morgan fingerprint density at radius 1 is 1.16 bits per heavy atom. The number of nitrogens with one attached hydrogen (secondary N) is 1. The third kappa shape index (κ3) is 3.69. The minimum Gasteiger partial charge on any atom is -0.406 e. The zero-order valence-corrected chi connectivity index (χ0v) is 16.1. The number of halogens is 3. The number of carbonyl (C=O) groups excluding carboxylic acids is 2. The maximum atomic E-state index is 13.1. The van der Waals surface area contributed by atoms with Gasteiger partial charge >= 0.3 is 6.36 Å². The maximum Gasteiger partial charge on any atom is 0.573 e. The van der Waals surface area contributed by atoms with E-state index in [0.29, 0.717) is 5.95 Å². The van der Waals surface area contributed by atoms with Gasteiger partial charge in [0.05, 0.1) is 17.5 Å². The number of hydrogen-bond donors (Lipinski definition) is 1. The molecule has 2 aromatic carbocycles. The number of fused-ring (bicyclic) bond motifs is 3. The van der Waals surface area contributed by atoms with Crippen LogP contribution in [-0.2, 0) is 9.59 Å². The Balaban J connectivity index is 1.38. The van der Waals surface area contributed by atoms with Crippen molar-refractivity contribution < 1.29 is 27.5 Å². The highest BCUT2D eigenvalue weighted by Gasteiger charge is 2.47. The molecule has 2 aliphatic rings. The molecule has 0 bridgehead atoms. The smallest absolute Gasteiger partial charge is 0.406 e. The number of carbonyl (C=O) groups is 2. The van der Waals surface area contributed by atoms with Crippen LogP contribution in [0.3, 0.4) is 0 Å². The van der Waals surface area contributed by atoms with E-state index < -0.39 is 24.1 Å². The lowest BCUT2D eigenvalue weighted by Crippen LogP contribution is -2.33. The molecule has 5 rings (SSSR count). The first-order valence-electron chi connectivity index (χ1n) is 9.76. The SMILES string of the molecule is O=C(C[C@@H]1C(=O)N(C2CC2)c2nc3ccccc3n21)Nc1cccc(OC(F)(F)F)c1. The Morgan fingerprint density at radius 2 is 1.94 bits per heavy atom. The van der Waals surface area contributed by atoms with Crippen LogP contribution < -0.4 is 15.0 Å². The first kappa shape index (κ1) is 19.4. The van der Waals surface area contributed by atoms with Gasteiger partial charge in [0, 0.05) is 17.8 Å². The molecule has 1 aliphatic heterocycles. The van der Waals surface area contributed by atoms with Gasteiger partial charge in [-0.05, 0) is 37.1 Å². The number of benzene rings is 2. The molecule has 0 radical (unpaired) electrons. The Morgan fingerprint density at radius 3 is 2.68 bits per heavy atom. The Kier molecular flexibility index (Phi) is 4.38. The van der Waals surface area contributed by atoms with Crippen molar-refractivity contribution in [1.82, 2.24) is 9.55 Å². The highest BCUT2D eigenvalue weighted by Crippen LogP contribution is 2.42. The second-order valence-electron chi connectivity index (χ2n) is 7.55. The number of nitrogens with zero attached hydrogens (tertiary/aromatic N) is 3. The summed E-state index contributed by atoms with van der Waals surface area (Å²) in [6, 6.07) is 11.7. The average Bonchev–Trinajstić information content (AvgIpc) is 3.40. The van der Waals surface area contributed by atoms with Gasteiger partial charge in [-0.25, -0.2) is 4.98 Å². The lowest BCUT2D eigenvalue weighted by molar-refractivity contribution is -0.274. The molecule has 10 heteroatoms. The molecule has 1 saturated carbocycles. The molecule has 3 aromatic rings. The van der Waals surface area contributed by atoms with E-state index in [2.05, 4.69) is 15.0 Å². The van der Waals surface area contributed by atoms with Crippen molar-refractivity contribution in [1.29, 1.82) is 0 Å². The molecule has 1 aromatic heterocycles. The zero-order chi connectivity index (χ0) is 21.8. The van der Waals surface area contributed by atoms with Crippen molar-refractivity contribution in [2.75, 3.05) is 10.2 Å². The fraction of sp³-hybridized carbons (Fsp3) is 0.286. The summed E-state index contributed by atoms with van der Waals surface area (Å²) in [5.74, 6) is -0.596. The maximum absolute atomic E-state index is 13.1. The summed E-state index contributed by atoms with van der Waals surface area (Å²) in [6.45, 7) is 0. The van der Waals surface area contributed by atoms with Crippen LogP contribution >= 0.6 is 0 Å². The second kappa shape index (κ2) is 7.00. The van der Waals surface area contributed by atoms with Gasteiger partial charge in [0.15, 0.2) is 0 Å². The van der Waals surface area contributed by atoms with E-state index in [1.54, 1.807) is 9.47 Å². The molecule has 1 fully saturated rings. The van der Waals surface area contributed by atoms with Crippen LogP contribution in [0.5, 0.6) is 5.75 Å². The standard InChI is InChI=1S/C21H17F3N4O3/c22-21(23,24)31-14-5-3-4-12(10-14)25-18(29)11-17-19(30)27(13-8-9-13)20-26-15-6-1-2-7-16(15)28(17)20/h1-7,10,13,17H,8-9,11H2,(H,25,29)/t17-/m1/s1. The average molecular weight is 430 g/mol. The molecule has 31 heavy (non-hydrogen) atoms. The van der Waals surface area contributed by atoms with Gasteiger partial charge in [0.1, 0.15) is 11.8 Å². The summed E-state index contributed by atoms with van der Waals surface area (Å²) in [4.78, 5) is 32.0. The van der Waals surface area contributed by atoms with E-state index >= 15 is 0 Å². The van der Waals surface area contributed by atoms with E-state index in [0.717, 1.165) is 36.0 Å². The largest absolute Gasteiger partial charge is 0.573 e. The van der Waals surface area contributed by atoms with Gasteiger partial charge in [-0.15, -0.1) is 13.2 Å². The molecule has 0 saturated heterocycles. The molecule has 1 aliphatic carbocycles. The summed E-state index contributed by atoms with van der Waals surface area (Å²) < 4.78 is 43.0. The minimum absolute atomic E-state index is 0.0901. The predicted octanol–water partition coefficient (Wildman–Crippen LogP) is 4.01. The van der Waals surface area contributed by atoms with Crippen molar-refractivity contribution in [2.45, 2.75) is 37.7 Å². The van der Waals surface area contributed by atoms with Crippen LogP contribution in [0, 0.1) is 0 Å². The molecule has 2 heterocycles. The summed E-state index contributed by atoms with van der Waals surface area (Å²) in [6.07, 6.45) is -3.22. The van der Waals surface area contributed by atoms with Gasteiger partial charge in [0.25, 0.3) is 5.91 Å². The third-order valence-corrected chi connectivity index (χ3v) is 5.27. The van der Waals surface area contributed by atoms with Crippen LogP contribution in [0.15, 0.2) is 48.5 Å². The van der Waals surface area contributed by atoms with Crippen LogP contribution in [0.1, 0.15) is 25.3 Å². The number of anilines is 2. The number of ether oxygens (including phenoxy) is 1. The summed E-state index contributed by atoms with van der Waals surface area (Å²) >= 11 is 0. The summed E-state index contributed by atoms with van der Waals surface area (Å²) in [5.41, 5.74) is 1.64. The minimum atomic E-state index is -4.83. The van der Waals surface area contributed by atoms with E-state index in [4.69, 9.17) is 0 Å². The van der Waals surface area contributed by atoms with Crippen molar-refractivity contribution in [3.63, 3.8) is 0 Å². The quantitative estimate of drug-likeness (QED) is 0.664. The molecule has 1 N–H and O–H groups in total. The molecule has 1 atom stereocenters. The first-order valence-corrected chi connectivity index (χ1v) is 9.76. The molecule has 160 valence electrons. The molecular weight excluding hydrogens is 413 g/mol. The monoisotopic (exact) mass is 430 g/mol. The Labute approximate surface area is 174 Å². The molecule has 2 amide bonds. The van der Waals surface area contributed by atoms with Crippen LogP contribution in [0.25, 0.3) is 11.0 Å². The molecule has 7 nitrogen and oxygen atoms in total. The Bertz CT molecular complexity index is 1190. The van der Waals surface area contributed by atoms with Gasteiger partial charge < -0.3 is 10.1 Å². The number of rotatable bonds is 5. The van der Waals surface area contributed by atoms with Gasteiger partial charge in [-0.2, -0.15) is 0 Å². The summed E-state index contributed by atoms with van der Waals surface area (Å²) in [7, 11) is 0. The molecule has 0 unspecified atom stereocenters. The van der Waals surface area contributed by atoms with E-state index in [-0.39, 0.29) is 24.1 Å². The van der Waals surface area contributed by atoms with Crippen molar-refractivity contribution in [3.05, 3.63) is 48.5 Å². The number of aromatic nitrogens is 2. The first-order chi connectivity index (χ1) is 14.8. The van der Waals surface area contributed by atoms with Crippen molar-refractivity contribution >= 4 is 34.5 Å². The third-order valence-electron chi connectivity index (χ3n) is 5.27. The van der Waals surface area contributed by atoms with Crippen molar-refractivity contribution in [3.8, 4) is 5.75 Å². The number of alkyl halides is 3. The lowest BCUT2D eigenvalue weighted by Gasteiger charge is -2.15. The zero-order valence-electron chi connectivity index (χ0n) is 16.1. The van der Waals surface area contributed by atoms with E-state index in [1.165, 1.54) is 12.1 Å². The highest BCUT2D eigenvalue weighted by atomic mass is 19.4. The number of imidazole rings is 1. The lowest BCUT2D eigenvalue weighted by atomic mass is 10.1.